The van der Waals surface area contributed by atoms with Crippen LogP contribution in [-0.4, -0.2) is 42.8 Å². The number of hydrogen-bond acceptors (Lipinski definition) is 4. The highest BCUT2D eigenvalue weighted by atomic mass is 16.5. The van der Waals surface area contributed by atoms with Gasteiger partial charge in [-0.15, -0.1) is 0 Å². The van der Waals surface area contributed by atoms with E-state index < -0.39 is 12.1 Å². The van der Waals surface area contributed by atoms with Gasteiger partial charge in [-0.25, -0.2) is 4.79 Å². The minimum Gasteiger partial charge on any atom is -0.481 e. The molecule has 0 saturated heterocycles. The number of carboxylic acids is 1. The zero-order valence-electron chi connectivity index (χ0n) is 19.0. The molecule has 0 bridgehead atoms. The van der Waals surface area contributed by atoms with E-state index in [-0.39, 0.29) is 30.8 Å². The maximum absolute atomic E-state index is 12.1. The van der Waals surface area contributed by atoms with Crippen LogP contribution < -0.4 is 10.6 Å². The third-order valence-electron chi connectivity index (χ3n) is 5.93. The Kier molecular flexibility index (Phi) is 8.87. The summed E-state index contributed by atoms with van der Waals surface area (Å²) in [6, 6.07) is 16.4. The van der Waals surface area contributed by atoms with Gasteiger partial charge in [0.2, 0.25) is 5.91 Å². The summed E-state index contributed by atoms with van der Waals surface area (Å²) in [6.45, 7) is 3.06. The normalized spacial score (nSPS) is 13.0. The molecule has 0 heterocycles. The number of fused-ring (bicyclic) bond motifs is 3. The van der Waals surface area contributed by atoms with Crippen LogP contribution in [0.2, 0.25) is 0 Å². The number of carboxylic acid groups (broad SMARTS) is 1. The van der Waals surface area contributed by atoms with Gasteiger partial charge in [-0.05, 0) is 47.4 Å². The molecular formula is C26H32N2O5. The number of rotatable bonds is 12. The molecule has 1 unspecified atom stereocenters. The van der Waals surface area contributed by atoms with Crippen LogP contribution in [-0.2, 0) is 14.3 Å². The van der Waals surface area contributed by atoms with Crippen LogP contribution in [0.1, 0.15) is 56.1 Å². The fourth-order valence-electron chi connectivity index (χ4n) is 4.20. The first-order valence-electron chi connectivity index (χ1n) is 11.5. The van der Waals surface area contributed by atoms with E-state index in [9.17, 15) is 14.4 Å². The predicted molar refractivity (Wildman–Crippen MR) is 126 cm³/mol. The fourth-order valence-corrected chi connectivity index (χ4v) is 4.20. The van der Waals surface area contributed by atoms with Crippen molar-refractivity contribution >= 4 is 18.0 Å². The van der Waals surface area contributed by atoms with Crippen LogP contribution in [0.25, 0.3) is 11.1 Å². The largest absolute Gasteiger partial charge is 0.481 e. The minimum atomic E-state index is -0.822. The highest BCUT2D eigenvalue weighted by molar-refractivity contribution is 5.79. The van der Waals surface area contributed by atoms with E-state index in [1.165, 1.54) is 22.3 Å². The lowest BCUT2D eigenvalue weighted by atomic mass is 9.98. The van der Waals surface area contributed by atoms with Gasteiger partial charge in [-0.1, -0.05) is 55.5 Å². The smallest absolute Gasteiger partial charge is 0.407 e. The number of alkyl carbamates (subject to hydrolysis) is 1. The Morgan fingerprint density at radius 2 is 1.58 bits per heavy atom. The van der Waals surface area contributed by atoms with Gasteiger partial charge in [0, 0.05) is 31.8 Å². The molecule has 1 aliphatic carbocycles. The van der Waals surface area contributed by atoms with Crippen LogP contribution in [0.3, 0.4) is 0 Å². The Hall–Kier alpha value is -3.35. The van der Waals surface area contributed by atoms with E-state index in [0.29, 0.717) is 38.8 Å². The highest BCUT2D eigenvalue weighted by Crippen LogP contribution is 2.44. The molecule has 2 aromatic rings. The minimum absolute atomic E-state index is 0.0317. The molecule has 2 aromatic carbocycles. The second-order valence-corrected chi connectivity index (χ2v) is 8.55. The molecule has 1 aliphatic rings. The first-order chi connectivity index (χ1) is 16.0. The quantitative estimate of drug-likeness (QED) is 0.416. The SMILES string of the molecule is CC(CCNC(=O)CCCCNC(=O)OCC1c2ccccc2-c2ccccc21)CC(=O)O. The molecule has 0 aliphatic heterocycles. The monoisotopic (exact) mass is 452 g/mol. The third-order valence-corrected chi connectivity index (χ3v) is 5.93. The van der Waals surface area contributed by atoms with Crippen molar-refractivity contribution in [2.75, 3.05) is 19.7 Å². The summed E-state index contributed by atoms with van der Waals surface area (Å²) in [6.07, 6.45) is 2.00. The molecule has 176 valence electrons. The third kappa shape index (κ3) is 7.07. The van der Waals surface area contributed by atoms with E-state index in [4.69, 9.17) is 9.84 Å². The van der Waals surface area contributed by atoms with E-state index >= 15 is 0 Å². The van der Waals surface area contributed by atoms with E-state index in [2.05, 4.69) is 34.9 Å². The number of nitrogens with one attached hydrogen (secondary N) is 2. The number of hydrogen-bond donors (Lipinski definition) is 3. The van der Waals surface area contributed by atoms with Crippen LogP contribution in [0.5, 0.6) is 0 Å². The molecule has 3 N–H and O–H groups in total. The summed E-state index contributed by atoms with van der Waals surface area (Å²) < 4.78 is 5.50. The van der Waals surface area contributed by atoms with Crippen LogP contribution in [0, 0.1) is 5.92 Å². The van der Waals surface area contributed by atoms with Crippen molar-refractivity contribution in [1.29, 1.82) is 0 Å². The maximum atomic E-state index is 12.1. The van der Waals surface area contributed by atoms with E-state index in [0.717, 1.165) is 0 Å². The average Bonchev–Trinajstić information content (AvgIpc) is 3.11. The van der Waals surface area contributed by atoms with Gasteiger partial charge in [0.1, 0.15) is 6.61 Å². The molecule has 2 amide bonds. The van der Waals surface area contributed by atoms with Crippen molar-refractivity contribution in [3.8, 4) is 11.1 Å². The fraction of sp³-hybridized carbons (Fsp3) is 0.423. The standard InChI is InChI=1S/C26H32N2O5/c1-18(16-25(30)31)13-15-27-24(29)12-6-7-14-28-26(32)33-17-23-21-10-4-2-8-19(21)20-9-3-5-11-22(20)23/h2-5,8-11,18,23H,6-7,12-17H2,1H3,(H,27,29)(H,28,32)(H,30,31). The number of amides is 2. The Bertz CT molecular complexity index is 929. The van der Waals surface area contributed by atoms with Crippen LogP contribution >= 0.6 is 0 Å². The van der Waals surface area contributed by atoms with Crippen molar-refractivity contribution in [1.82, 2.24) is 10.6 Å². The molecule has 0 fully saturated rings. The van der Waals surface area contributed by atoms with Crippen molar-refractivity contribution in [3.05, 3.63) is 59.7 Å². The van der Waals surface area contributed by atoms with Gasteiger partial charge in [0.05, 0.1) is 0 Å². The van der Waals surface area contributed by atoms with Gasteiger partial charge >= 0.3 is 12.1 Å². The molecule has 7 heteroatoms. The number of carbonyl (C=O) groups is 3. The number of benzene rings is 2. The molecule has 7 nitrogen and oxygen atoms in total. The van der Waals surface area contributed by atoms with Gasteiger partial charge in [-0.3, -0.25) is 9.59 Å². The van der Waals surface area contributed by atoms with Crippen molar-refractivity contribution in [3.63, 3.8) is 0 Å². The Balaban J connectivity index is 1.30. The average molecular weight is 453 g/mol. The Morgan fingerprint density at radius 1 is 0.939 bits per heavy atom. The van der Waals surface area contributed by atoms with Gasteiger partial charge in [-0.2, -0.15) is 0 Å². The Morgan fingerprint density at radius 3 is 2.21 bits per heavy atom. The lowest BCUT2D eigenvalue weighted by Crippen LogP contribution is -2.28. The first kappa shape index (κ1) is 24.3. The number of unbranched alkanes of at least 4 members (excludes halogenated alkanes) is 1. The lowest BCUT2D eigenvalue weighted by Gasteiger charge is -2.14. The van der Waals surface area contributed by atoms with Crippen LogP contribution in [0.4, 0.5) is 4.79 Å². The second kappa shape index (κ2) is 12.0. The first-order valence-corrected chi connectivity index (χ1v) is 11.5. The topological polar surface area (TPSA) is 105 Å². The maximum Gasteiger partial charge on any atom is 0.407 e. The second-order valence-electron chi connectivity index (χ2n) is 8.55. The van der Waals surface area contributed by atoms with Gasteiger partial charge in [0.25, 0.3) is 0 Å². The van der Waals surface area contributed by atoms with Gasteiger partial charge < -0.3 is 20.5 Å². The molecule has 0 aromatic heterocycles. The summed E-state index contributed by atoms with van der Waals surface area (Å²) in [5.41, 5.74) is 4.73. The lowest BCUT2D eigenvalue weighted by molar-refractivity contribution is -0.138. The number of carbonyl (C=O) groups excluding carboxylic acids is 2. The number of ether oxygens (including phenoxy) is 1. The summed E-state index contributed by atoms with van der Waals surface area (Å²) in [7, 11) is 0. The molecule has 0 radical (unpaired) electrons. The number of aliphatic carboxylic acids is 1. The molecular weight excluding hydrogens is 420 g/mol. The summed E-state index contributed by atoms with van der Waals surface area (Å²) >= 11 is 0. The van der Waals surface area contributed by atoms with Crippen molar-refractivity contribution in [2.45, 2.75) is 44.9 Å². The van der Waals surface area contributed by atoms with E-state index in [1.807, 2.05) is 31.2 Å². The Labute approximate surface area is 194 Å². The van der Waals surface area contributed by atoms with Gasteiger partial charge in [0.15, 0.2) is 0 Å². The predicted octanol–water partition coefficient (Wildman–Crippen LogP) is 4.31. The molecule has 33 heavy (non-hydrogen) atoms. The summed E-state index contributed by atoms with van der Waals surface area (Å²) in [4.78, 5) is 34.6. The summed E-state index contributed by atoms with van der Waals surface area (Å²) in [5.74, 6) is -0.814. The zero-order chi connectivity index (χ0) is 23.6. The van der Waals surface area contributed by atoms with Crippen molar-refractivity contribution in [2.24, 2.45) is 5.92 Å². The highest BCUT2D eigenvalue weighted by Gasteiger charge is 2.28. The molecule has 0 spiro atoms. The zero-order valence-corrected chi connectivity index (χ0v) is 19.0. The summed E-state index contributed by atoms with van der Waals surface area (Å²) in [5, 5.41) is 14.3. The van der Waals surface area contributed by atoms with Crippen molar-refractivity contribution < 1.29 is 24.2 Å². The molecule has 3 rings (SSSR count). The van der Waals surface area contributed by atoms with Crippen LogP contribution in [0.15, 0.2) is 48.5 Å². The molecule has 0 saturated carbocycles. The molecule has 1 atom stereocenters. The van der Waals surface area contributed by atoms with E-state index in [1.54, 1.807) is 0 Å².